The molecule has 2 aliphatic rings. The zero-order valence-electron chi connectivity index (χ0n) is 18.7. The lowest BCUT2D eigenvalue weighted by atomic mass is 9.68. The molecule has 1 aliphatic heterocycles. The summed E-state index contributed by atoms with van der Waals surface area (Å²) in [5, 5.41) is 0. The highest BCUT2D eigenvalue weighted by Gasteiger charge is 2.55. The third kappa shape index (κ3) is 4.64. The van der Waals surface area contributed by atoms with Gasteiger partial charge in [0.25, 0.3) is 0 Å². The number of likely N-dealkylation sites (tertiary alicyclic amines) is 1. The second-order valence-electron chi connectivity index (χ2n) is 9.27. The standard InChI is InChI=1S/C27H31N2O2.BrH/c1-4-18-29(2,3)19-17-28-26(30)24-22(20-11-7-5-8-12-20)15-16-23(25(24)27(28)31)21-13-9-6-10-14-21;/h4-16,22-25H,1,17-19H2,2-3H3;1H/q+1;/p-1. The summed E-state index contributed by atoms with van der Waals surface area (Å²) in [5.41, 5.74) is 2.18. The first-order chi connectivity index (χ1) is 14.9. The summed E-state index contributed by atoms with van der Waals surface area (Å²) in [6.45, 7) is 5.78. The van der Waals surface area contributed by atoms with Crippen LogP contribution in [0.4, 0.5) is 0 Å². The van der Waals surface area contributed by atoms with Crippen molar-refractivity contribution in [2.75, 3.05) is 33.7 Å². The first kappa shape index (κ1) is 24.1. The molecule has 4 atom stereocenters. The molecule has 1 heterocycles. The lowest BCUT2D eigenvalue weighted by molar-refractivity contribution is -0.883. The molecule has 4 unspecified atom stereocenters. The van der Waals surface area contributed by atoms with E-state index in [0.29, 0.717) is 17.6 Å². The smallest absolute Gasteiger partial charge is 0.234 e. The van der Waals surface area contributed by atoms with Crippen molar-refractivity contribution in [3.8, 4) is 0 Å². The van der Waals surface area contributed by atoms with Crippen molar-refractivity contribution in [3.63, 3.8) is 0 Å². The number of halogens is 1. The van der Waals surface area contributed by atoms with E-state index in [9.17, 15) is 9.59 Å². The van der Waals surface area contributed by atoms with E-state index in [-0.39, 0.29) is 52.5 Å². The zero-order chi connectivity index (χ0) is 22.0. The fourth-order valence-electron chi connectivity index (χ4n) is 5.03. The number of fused-ring (bicyclic) bond motifs is 1. The molecule has 168 valence electrons. The summed E-state index contributed by atoms with van der Waals surface area (Å²) in [5.74, 6) is -0.952. The number of quaternary nitrogens is 1. The number of nitrogens with zero attached hydrogens (tertiary/aromatic N) is 2. The highest BCUT2D eigenvalue weighted by molar-refractivity contribution is 6.06. The molecule has 0 spiro atoms. The Balaban J connectivity index is 0.00000289. The molecule has 0 saturated carbocycles. The minimum absolute atomic E-state index is 0. The fraction of sp³-hybridized carbons (Fsp3) is 0.333. The molecule has 1 aliphatic carbocycles. The van der Waals surface area contributed by atoms with Gasteiger partial charge in [0, 0.05) is 11.8 Å². The van der Waals surface area contributed by atoms with Crippen molar-refractivity contribution < 1.29 is 31.1 Å². The van der Waals surface area contributed by atoms with Crippen LogP contribution in [0, 0.1) is 11.8 Å². The van der Waals surface area contributed by atoms with Crippen LogP contribution >= 0.6 is 0 Å². The van der Waals surface area contributed by atoms with Gasteiger partial charge in [0.05, 0.1) is 45.6 Å². The van der Waals surface area contributed by atoms with Crippen LogP contribution in [0.5, 0.6) is 0 Å². The number of amides is 2. The molecule has 32 heavy (non-hydrogen) atoms. The maximum atomic E-state index is 13.6. The molecule has 0 bridgehead atoms. The van der Waals surface area contributed by atoms with Gasteiger partial charge in [-0.15, -0.1) is 0 Å². The molecule has 2 aromatic carbocycles. The van der Waals surface area contributed by atoms with E-state index in [2.05, 4.69) is 57.1 Å². The van der Waals surface area contributed by atoms with Crippen LogP contribution in [0.2, 0.25) is 0 Å². The summed E-state index contributed by atoms with van der Waals surface area (Å²) in [7, 11) is 4.20. The summed E-state index contributed by atoms with van der Waals surface area (Å²) in [6, 6.07) is 20.2. The van der Waals surface area contributed by atoms with Gasteiger partial charge in [0.15, 0.2) is 0 Å². The van der Waals surface area contributed by atoms with Gasteiger partial charge in [0.1, 0.15) is 0 Å². The van der Waals surface area contributed by atoms with E-state index >= 15 is 0 Å². The summed E-state index contributed by atoms with van der Waals surface area (Å²) in [6.07, 6.45) is 6.16. The van der Waals surface area contributed by atoms with Crippen molar-refractivity contribution in [2.45, 2.75) is 11.8 Å². The Morgan fingerprint density at radius 1 is 0.844 bits per heavy atom. The normalized spacial score (nSPS) is 24.8. The van der Waals surface area contributed by atoms with Crippen LogP contribution in [0.3, 0.4) is 0 Å². The lowest BCUT2D eigenvalue weighted by Crippen LogP contribution is -3.00. The third-order valence-electron chi connectivity index (χ3n) is 6.71. The van der Waals surface area contributed by atoms with E-state index in [1.807, 2.05) is 42.5 Å². The summed E-state index contributed by atoms with van der Waals surface area (Å²) >= 11 is 0. The number of hydrogen-bond acceptors (Lipinski definition) is 2. The molecule has 0 N–H and O–H groups in total. The number of likely N-dealkylation sites (N-methyl/N-ethyl adjacent to an activating group) is 1. The zero-order valence-corrected chi connectivity index (χ0v) is 20.3. The number of benzene rings is 2. The molecule has 2 aromatic rings. The minimum atomic E-state index is -0.361. The first-order valence-corrected chi connectivity index (χ1v) is 11.0. The molecule has 0 radical (unpaired) electrons. The fourth-order valence-corrected chi connectivity index (χ4v) is 5.03. The molecule has 5 heteroatoms. The number of carbonyl (C=O) groups is 2. The van der Waals surface area contributed by atoms with Crippen LogP contribution in [-0.4, -0.2) is 54.9 Å². The van der Waals surface area contributed by atoms with Gasteiger partial charge in [-0.3, -0.25) is 14.5 Å². The number of allylic oxidation sites excluding steroid dienone is 2. The Hall–Kier alpha value is -2.50. The van der Waals surface area contributed by atoms with E-state index in [1.54, 1.807) is 0 Å². The Bertz CT molecular complexity index is 920. The van der Waals surface area contributed by atoms with Gasteiger partial charge >= 0.3 is 0 Å². The molecule has 1 fully saturated rings. The van der Waals surface area contributed by atoms with Crippen LogP contribution in [0.25, 0.3) is 0 Å². The Morgan fingerprint density at radius 2 is 1.28 bits per heavy atom. The summed E-state index contributed by atoms with van der Waals surface area (Å²) in [4.78, 5) is 28.8. The van der Waals surface area contributed by atoms with Crippen LogP contribution in [-0.2, 0) is 9.59 Å². The Morgan fingerprint density at radius 3 is 1.69 bits per heavy atom. The molecular formula is C27H31BrN2O2. The predicted octanol–water partition coefficient (Wildman–Crippen LogP) is 0.991. The number of carbonyl (C=O) groups excluding carboxylic acids is 2. The monoisotopic (exact) mass is 494 g/mol. The largest absolute Gasteiger partial charge is 1.00 e. The summed E-state index contributed by atoms with van der Waals surface area (Å²) < 4.78 is 0.693. The topological polar surface area (TPSA) is 37.4 Å². The Kier molecular flexibility index (Phi) is 7.52. The predicted molar refractivity (Wildman–Crippen MR) is 123 cm³/mol. The van der Waals surface area contributed by atoms with Gasteiger partial charge in [-0.2, -0.15) is 0 Å². The second-order valence-corrected chi connectivity index (χ2v) is 9.27. The first-order valence-electron chi connectivity index (χ1n) is 11.0. The van der Waals surface area contributed by atoms with Gasteiger partial charge < -0.3 is 21.5 Å². The van der Waals surface area contributed by atoms with Crippen molar-refractivity contribution in [3.05, 3.63) is 96.6 Å². The van der Waals surface area contributed by atoms with E-state index in [1.165, 1.54) is 4.90 Å². The third-order valence-corrected chi connectivity index (χ3v) is 6.71. The minimum Gasteiger partial charge on any atom is -1.00 e. The van der Waals surface area contributed by atoms with Gasteiger partial charge in [-0.25, -0.2) is 0 Å². The molecule has 2 amide bonds. The SMILES string of the molecule is C=CC[N+](C)(C)CCN1C(=O)C2C(c3ccccc3)C=CC(c3ccccc3)C2C1=O.[Br-]. The Labute approximate surface area is 201 Å². The quantitative estimate of drug-likeness (QED) is 0.327. The molecular weight excluding hydrogens is 464 g/mol. The maximum absolute atomic E-state index is 13.6. The van der Waals surface area contributed by atoms with Gasteiger partial charge in [-0.05, 0) is 17.2 Å². The van der Waals surface area contributed by atoms with Crippen molar-refractivity contribution in [1.29, 1.82) is 0 Å². The molecule has 1 saturated heterocycles. The van der Waals surface area contributed by atoms with Crippen LogP contribution < -0.4 is 17.0 Å². The van der Waals surface area contributed by atoms with Gasteiger partial charge in [-0.1, -0.05) is 79.4 Å². The maximum Gasteiger partial charge on any atom is 0.234 e. The lowest BCUT2D eigenvalue weighted by Gasteiger charge is -2.32. The molecule has 4 rings (SSSR count). The van der Waals surface area contributed by atoms with Crippen molar-refractivity contribution >= 4 is 11.8 Å². The average molecular weight is 495 g/mol. The number of imide groups is 1. The highest BCUT2D eigenvalue weighted by atomic mass is 79.9. The van der Waals surface area contributed by atoms with Crippen LogP contribution in [0.1, 0.15) is 23.0 Å². The average Bonchev–Trinajstić information content (AvgIpc) is 3.03. The number of hydrogen-bond donors (Lipinski definition) is 0. The van der Waals surface area contributed by atoms with E-state index in [0.717, 1.165) is 17.7 Å². The van der Waals surface area contributed by atoms with Crippen molar-refractivity contribution in [2.24, 2.45) is 11.8 Å². The second kappa shape index (κ2) is 9.97. The van der Waals surface area contributed by atoms with Crippen LogP contribution in [0.15, 0.2) is 85.5 Å². The van der Waals surface area contributed by atoms with Crippen molar-refractivity contribution in [1.82, 2.24) is 4.90 Å². The number of rotatable bonds is 7. The highest BCUT2D eigenvalue weighted by Crippen LogP contribution is 2.49. The van der Waals surface area contributed by atoms with E-state index in [4.69, 9.17) is 0 Å². The molecule has 4 nitrogen and oxygen atoms in total. The van der Waals surface area contributed by atoms with Gasteiger partial charge in [0.2, 0.25) is 11.8 Å². The molecule has 0 aromatic heterocycles. The van der Waals surface area contributed by atoms with E-state index < -0.39 is 0 Å².